The second kappa shape index (κ2) is 27.0. The zero-order valence-electron chi connectivity index (χ0n) is 24.7. The van der Waals surface area contributed by atoms with Gasteiger partial charge >= 0.3 is 8.60 Å². The third-order valence-corrected chi connectivity index (χ3v) is 7.62. The molecule has 0 saturated heterocycles. The van der Waals surface area contributed by atoms with Gasteiger partial charge in [-0.15, -0.1) is 0 Å². The van der Waals surface area contributed by atoms with Crippen molar-refractivity contribution in [2.75, 3.05) is 33.4 Å². The molecular weight excluding hydrogens is 513 g/mol. The Morgan fingerprint density at radius 2 is 1.38 bits per heavy atom. The van der Waals surface area contributed by atoms with Crippen LogP contribution in [-0.2, 0) is 25.0 Å². The number of benzene rings is 1. The minimum absolute atomic E-state index is 0.0496. The summed E-state index contributed by atoms with van der Waals surface area (Å²) in [6.07, 6.45) is 21.5. The van der Waals surface area contributed by atoms with Crippen LogP contribution in [0.4, 0.5) is 0 Å². The van der Waals surface area contributed by atoms with E-state index in [1.165, 1.54) is 96.3 Å². The lowest BCUT2D eigenvalue weighted by molar-refractivity contribution is -0.135. The lowest BCUT2D eigenvalue weighted by atomic mass is 10.0. The molecule has 7 nitrogen and oxygen atoms in total. The van der Waals surface area contributed by atoms with Crippen LogP contribution < -0.4 is 10.1 Å². The highest BCUT2D eigenvalue weighted by atomic mass is 31.2. The van der Waals surface area contributed by atoms with E-state index in [0.29, 0.717) is 32.7 Å². The lowest BCUT2D eigenvalue weighted by Gasteiger charge is -2.19. The first kappa shape index (κ1) is 35.8. The summed E-state index contributed by atoms with van der Waals surface area (Å²) < 4.78 is 21.8. The Balaban J connectivity index is 2.13. The summed E-state index contributed by atoms with van der Waals surface area (Å²) in [7, 11) is -0.208. The number of nitrogens with one attached hydrogen (secondary N) is 1. The SMILES string of the molecule is CCCCCCCCCCCCCCCCCCOc1ccccc1CC(COP(O)OCCNC)OC=O. The first-order chi connectivity index (χ1) is 19.2. The average Bonchev–Trinajstić information content (AvgIpc) is 2.94. The standard InChI is InChI=1S/C31H56NO6P/c1-3-4-5-6-7-8-9-10-11-12-13-14-15-16-17-20-24-35-31-22-19-18-21-29(31)26-30(36-28-33)27-38-39(34)37-25-23-32-2/h18-19,21-22,28,30,32,34H,3-17,20,23-27H2,1-2H3. The molecule has 2 unspecified atom stereocenters. The summed E-state index contributed by atoms with van der Waals surface area (Å²) in [5, 5.41) is 2.93. The summed E-state index contributed by atoms with van der Waals surface area (Å²) in [6, 6.07) is 7.80. The molecule has 2 atom stereocenters. The van der Waals surface area contributed by atoms with E-state index in [2.05, 4.69) is 12.2 Å². The van der Waals surface area contributed by atoms with Crippen LogP contribution in [0.2, 0.25) is 0 Å². The van der Waals surface area contributed by atoms with Crippen LogP contribution in [0, 0.1) is 0 Å². The summed E-state index contributed by atoms with van der Waals surface area (Å²) in [4.78, 5) is 20.8. The van der Waals surface area contributed by atoms with Crippen molar-refractivity contribution in [2.24, 2.45) is 0 Å². The molecule has 1 aromatic rings. The van der Waals surface area contributed by atoms with Crippen LogP contribution >= 0.6 is 8.60 Å². The minimum Gasteiger partial charge on any atom is -0.493 e. The van der Waals surface area contributed by atoms with E-state index in [1.807, 2.05) is 24.3 Å². The number of hydrogen-bond acceptors (Lipinski definition) is 7. The molecular formula is C31H56NO6P. The Kier molecular flexibility index (Phi) is 24.7. The molecule has 8 heteroatoms. The summed E-state index contributed by atoms with van der Waals surface area (Å²) >= 11 is 0. The van der Waals surface area contributed by atoms with Gasteiger partial charge in [-0.3, -0.25) is 4.79 Å². The molecule has 0 saturated carbocycles. The van der Waals surface area contributed by atoms with Gasteiger partial charge in [-0.25, -0.2) is 0 Å². The Morgan fingerprint density at radius 3 is 1.95 bits per heavy atom. The van der Waals surface area contributed by atoms with E-state index in [0.717, 1.165) is 17.7 Å². The van der Waals surface area contributed by atoms with Crippen LogP contribution in [0.25, 0.3) is 0 Å². The first-order valence-corrected chi connectivity index (χ1v) is 16.5. The van der Waals surface area contributed by atoms with Crippen molar-refractivity contribution in [2.45, 2.75) is 122 Å². The van der Waals surface area contributed by atoms with E-state index in [1.54, 1.807) is 7.05 Å². The van der Waals surface area contributed by atoms with Gasteiger partial charge in [0.05, 0.1) is 19.8 Å². The highest BCUT2D eigenvalue weighted by molar-refractivity contribution is 7.40. The van der Waals surface area contributed by atoms with Gasteiger partial charge in [0.2, 0.25) is 0 Å². The van der Waals surface area contributed by atoms with E-state index in [9.17, 15) is 9.69 Å². The van der Waals surface area contributed by atoms with Gasteiger partial charge in [0.1, 0.15) is 11.9 Å². The monoisotopic (exact) mass is 569 g/mol. The number of carbonyl (C=O) groups is 1. The molecule has 226 valence electrons. The fraction of sp³-hybridized carbons (Fsp3) is 0.774. The first-order valence-electron chi connectivity index (χ1n) is 15.4. The lowest BCUT2D eigenvalue weighted by Crippen LogP contribution is -2.22. The molecule has 2 N–H and O–H groups in total. The number of unbranched alkanes of at least 4 members (excludes halogenated alkanes) is 15. The molecule has 0 aromatic heterocycles. The van der Waals surface area contributed by atoms with Crippen LogP contribution in [0.15, 0.2) is 24.3 Å². The van der Waals surface area contributed by atoms with Gasteiger partial charge in [0, 0.05) is 13.0 Å². The largest absolute Gasteiger partial charge is 0.493 e. The van der Waals surface area contributed by atoms with Crippen molar-refractivity contribution in [3.8, 4) is 5.75 Å². The number of hydrogen-bond donors (Lipinski definition) is 2. The summed E-state index contributed by atoms with van der Waals surface area (Å²) in [5.41, 5.74) is 0.947. The minimum atomic E-state index is -2.01. The highest BCUT2D eigenvalue weighted by Crippen LogP contribution is 2.33. The fourth-order valence-electron chi connectivity index (χ4n) is 4.53. The van der Waals surface area contributed by atoms with E-state index >= 15 is 0 Å². The summed E-state index contributed by atoms with van der Waals surface area (Å²) in [6.45, 7) is 4.37. The van der Waals surface area contributed by atoms with Gasteiger partial charge in [-0.05, 0) is 25.1 Å². The molecule has 39 heavy (non-hydrogen) atoms. The molecule has 0 heterocycles. The van der Waals surface area contributed by atoms with Gasteiger partial charge < -0.3 is 28.7 Å². The number of likely N-dealkylation sites (N-methyl/N-ethyl adjacent to an activating group) is 1. The molecule has 0 spiro atoms. The molecule has 0 aliphatic carbocycles. The predicted molar refractivity (Wildman–Crippen MR) is 161 cm³/mol. The van der Waals surface area contributed by atoms with E-state index in [4.69, 9.17) is 18.5 Å². The Labute approximate surface area is 239 Å². The third-order valence-electron chi connectivity index (χ3n) is 6.85. The maximum absolute atomic E-state index is 11.0. The van der Waals surface area contributed by atoms with Crippen molar-refractivity contribution >= 4 is 15.1 Å². The van der Waals surface area contributed by atoms with Crippen LogP contribution in [0.1, 0.15) is 115 Å². The van der Waals surface area contributed by atoms with Crippen molar-refractivity contribution < 1.29 is 28.2 Å². The normalized spacial score (nSPS) is 12.8. The Bertz CT molecular complexity index is 680. The Morgan fingerprint density at radius 1 is 0.821 bits per heavy atom. The van der Waals surface area contributed by atoms with Crippen LogP contribution in [0.3, 0.4) is 0 Å². The maximum atomic E-state index is 11.0. The molecule has 0 aliphatic heterocycles. The molecule has 1 rings (SSSR count). The van der Waals surface area contributed by atoms with Crippen molar-refractivity contribution in [3.05, 3.63) is 29.8 Å². The van der Waals surface area contributed by atoms with Crippen molar-refractivity contribution in [3.63, 3.8) is 0 Å². The topological polar surface area (TPSA) is 86.2 Å². The number of rotatable bonds is 29. The average molecular weight is 570 g/mol. The van der Waals surface area contributed by atoms with Gasteiger partial charge in [-0.1, -0.05) is 121 Å². The number of carbonyl (C=O) groups excluding carboxylic acids is 1. The molecule has 0 radical (unpaired) electrons. The van der Waals surface area contributed by atoms with Gasteiger partial charge in [0.15, 0.2) is 0 Å². The predicted octanol–water partition coefficient (Wildman–Crippen LogP) is 7.88. The molecule has 0 bridgehead atoms. The molecule has 0 aliphatic rings. The smallest absolute Gasteiger partial charge is 0.330 e. The quantitative estimate of drug-likeness (QED) is 0.0576. The third kappa shape index (κ3) is 21.2. The Hall–Kier alpha value is -1.24. The fourth-order valence-corrected chi connectivity index (χ4v) is 5.14. The number of ether oxygens (including phenoxy) is 2. The van der Waals surface area contributed by atoms with Crippen molar-refractivity contribution in [1.82, 2.24) is 5.32 Å². The zero-order valence-corrected chi connectivity index (χ0v) is 25.6. The second-order valence-electron chi connectivity index (χ2n) is 10.3. The number of para-hydroxylation sites is 1. The molecule has 0 amide bonds. The van der Waals surface area contributed by atoms with E-state index in [-0.39, 0.29) is 6.61 Å². The molecule has 0 fully saturated rings. The van der Waals surface area contributed by atoms with Gasteiger partial charge in [-0.2, -0.15) is 0 Å². The highest BCUT2D eigenvalue weighted by Gasteiger charge is 2.17. The van der Waals surface area contributed by atoms with Crippen molar-refractivity contribution in [1.29, 1.82) is 0 Å². The second-order valence-corrected chi connectivity index (χ2v) is 11.3. The summed E-state index contributed by atoms with van der Waals surface area (Å²) in [5.74, 6) is 0.800. The van der Waals surface area contributed by atoms with E-state index < -0.39 is 14.7 Å². The zero-order chi connectivity index (χ0) is 28.2. The van der Waals surface area contributed by atoms with Crippen LogP contribution in [-0.4, -0.2) is 50.9 Å². The van der Waals surface area contributed by atoms with Gasteiger partial charge in [0.25, 0.3) is 6.47 Å². The molecule has 1 aromatic carbocycles. The maximum Gasteiger partial charge on any atom is 0.330 e. The van der Waals surface area contributed by atoms with Crippen LogP contribution in [0.5, 0.6) is 5.75 Å².